The van der Waals surface area contributed by atoms with Crippen LogP contribution < -0.4 is 5.32 Å². The molecule has 0 saturated carbocycles. The summed E-state index contributed by atoms with van der Waals surface area (Å²) in [7, 11) is 1.74. The van der Waals surface area contributed by atoms with Gasteiger partial charge in [-0.2, -0.15) is 0 Å². The van der Waals surface area contributed by atoms with E-state index in [4.69, 9.17) is 4.74 Å². The summed E-state index contributed by atoms with van der Waals surface area (Å²) in [5.74, 6) is 0. The van der Waals surface area contributed by atoms with Crippen molar-refractivity contribution in [1.29, 1.82) is 0 Å². The molecule has 0 fully saturated rings. The highest BCUT2D eigenvalue weighted by Crippen LogP contribution is 2.11. The Morgan fingerprint density at radius 1 is 1.53 bits per heavy atom. The Morgan fingerprint density at radius 2 is 2.33 bits per heavy atom. The third-order valence-corrected chi connectivity index (χ3v) is 2.53. The molecule has 1 rings (SSSR count). The average molecular weight is 208 g/mol. The van der Waals surface area contributed by atoms with Crippen LogP contribution in [0.1, 0.15) is 31.9 Å². The van der Waals surface area contributed by atoms with Gasteiger partial charge in [-0.15, -0.1) is 0 Å². The number of nitrogens with zero attached hydrogens (tertiary/aromatic N) is 1. The standard InChI is InChI=1S/C12H20N2O/c1-4-12(9-15-3)14-10(2)11-6-5-7-13-8-11/h5-8,10,12,14H,4,9H2,1-3H3. The maximum absolute atomic E-state index is 5.15. The zero-order valence-corrected chi connectivity index (χ0v) is 9.73. The number of aromatic nitrogens is 1. The summed E-state index contributed by atoms with van der Waals surface area (Å²) in [5.41, 5.74) is 1.21. The highest BCUT2D eigenvalue weighted by atomic mass is 16.5. The van der Waals surface area contributed by atoms with Gasteiger partial charge >= 0.3 is 0 Å². The summed E-state index contributed by atoms with van der Waals surface area (Å²) in [5, 5.41) is 3.52. The number of hydrogen-bond acceptors (Lipinski definition) is 3. The molecule has 2 unspecified atom stereocenters. The predicted octanol–water partition coefficient (Wildman–Crippen LogP) is 2.16. The predicted molar refractivity (Wildman–Crippen MR) is 61.7 cm³/mol. The fraction of sp³-hybridized carbons (Fsp3) is 0.583. The van der Waals surface area contributed by atoms with E-state index in [1.54, 1.807) is 13.3 Å². The molecule has 0 saturated heterocycles. The van der Waals surface area contributed by atoms with Crippen LogP contribution in [0.2, 0.25) is 0 Å². The Balaban J connectivity index is 2.50. The zero-order valence-electron chi connectivity index (χ0n) is 9.73. The minimum absolute atomic E-state index is 0.318. The molecule has 0 radical (unpaired) electrons. The lowest BCUT2D eigenvalue weighted by molar-refractivity contribution is 0.159. The van der Waals surface area contributed by atoms with Crippen molar-refractivity contribution < 1.29 is 4.74 Å². The second-order valence-corrected chi connectivity index (χ2v) is 3.74. The molecule has 1 N–H and O–H groups in total. The van der Waals surface area contributed by atoms with Gasteiger partial charge in [-0.25, -0.2) is 0 Å². The van der Waals surface area contributed by atoms with Gasteiger partial charge in [0, 0.05) is 31.6 Å². The zero-order chi connectivity index (χ0) is 11.1. The van der Waals surface area contributed by atoms with Gasteiger partial charge in [-0.3, -0.25) is 4.98 Å². The maximum Gasteiger partial charge on any atom is 0.0615 e. The quantitative estimate of drug-likeness (QED) is 0.778. The Kier molecular flexibility index (Phi) is 5.29. The van der Waals surface area contributed by atoms with Crippen LogP contribution in [0.3, 0.4) is 0 Å². The van der Waals surface area contributed by atoms with E-state index in [-0.39, 0.29) is 0 Å². The van der Waals surface area contributed by atoms with Crippen LogP contribution in [-0.2, 0) is 4.74 Å². The molecule has 3 nitrogen and oxygen atoms in total. The summed E-state index contributed by atoms with van der Waals surface area (Å²) in [4.78, 5) is 4.11. The van der Waals surface area contributed by atoms with Gasteiger partial charge in [0.15, 0.2) is 0 Å². The van der Waals surface area contributed by atoms with Gasteiger partial charge in [0.05, 0.1) is 6.61 Å². The monoisotopic (exact) mass is 208 g/mol. The molecular formula is C12H20N2O. The fourth-order valence-corrected chi connectivity index (χ4v) is 1.57. The Bertz CT molecular complexity index is 264. The normalized spacial score (nSPS) is 14.9. The lowest BCUT2D eigenvalue weighted by Crippen LogP contribution is -2.34. The van der Waals surface area contributed by atoms with Gasteiger partial charge in [0.2, 0.25) is 0 Å². The number of ether oxygens (including phenoxy) is 1. The second-order valence-electron chi connectivity index (χ2n) is 3.74. The van der Waals surface area contributed by atoms with Gasteiger partial charge in [-0.1, -0.05) is 13.0 Å². The molecule has 1 aromatic heterocycles. The number of nitrogens with one attached hydrogen (secondary N) is 1. The summed E-state index contributed by atoms with van der Waals surface area (Å²) in [6, 6.07) is 4.78. The highest BCUT2D eigenvalue weighted by molar-refractivity contribution is 5.12. The van der Waals surface area contributed by atoms with Gasteiger partial charge in [0.1, 0.15) is 0 Å². The largest absolute Gasteiger partial charge is 0.383 e. The Morgan fingerprint density at radius 3 is 2.87 bits per heavy atom. The molecule has 0 aliphatic heterocycles. The number of pyridine rings is 1. The van der Waals surface area contributed by atoms with Crippen LogP contribution in [0, 0.1) is 0 Å². The molecule has 3 heteroatoms. The average Bonchev–Trinajstić information content (AvgIpc) is 2.29. The molecule has 0 spiro atoms. The Hall–Kier alpha value is -0.930. The first-order valence-electron chi connectivity index (χ1n) is 5.42. The lowest BCUT2D eigenvalue weighted by Gasteiger charge is -2.21. The smallest absolute Gasteiger partial charge is 0.0615 e. The molecule has 0 bridgehead atoms. The van der Waals surface area contributed by atoms with Crippen molar-refractivity contribution in [1.82, 2.24) is 10.3 Å². The first-order chi connectivity index (χ1) is 7.27. The fourth-order valence-electron chi connectivity index (χ4n) is 1.57. The van der Waals surface area contributed by atoms with E-state index >= 15 is 0 Å². The van der Waals surface area contributed by atoms with Crippen molar-refractivity contribution in [2.45, 2.75) is 32.4 Å². The van der Waals surface area contributed by atoms with E-state index in [2.05, 4.69) is 30.2 Å². The first kappa shape index (κ1) is 12.1. The maximum atomic E-state index is 5.15. The van der Waals surface area contributed by atoms with Crippen molar-refractivity contribution in [2.75, 3.05) is 13.7 Å². The van der Waals surface area contributed by atoms with E-state index < -0.39 is 0 Å². The van der Waals surface area contributed by atoms with Crippen molar-refractivity contribution in [3.05, 3.63) is 30.1 Å². The molecule has 2 atom stereocenters. The van der Waals surface area contributed by atoms with Crippen LogP contribution in [-0.4, -0.2) is 24.7 Å². The van der Waals surface area contributed by atoms with E-state index in [0.717, 1.165) is 13.0 Å². The SMILES string of the molecule is CCC(COC)NC(C)c1cccnc1. The van der Waals surface area contributed by atoms with Crippen LogP contribution in [0.25, 0.3) is 0 Å². The molecule has 84 valence electrons. The summed E-state index contributed by atoms with van der Waals surface area (Å²) in [6.07, 6.45) is 4.76. The van der Waals surface area contributed by atoms with Crippen LogP contribution in [0.4, 0.5) is 0 Å². The number of rotatable bonds is 6. The number of methoxy groups -OCH3 is 1. The highest BCUT2D eigenvalue weighted by Gasteiger charge is 2.11. The molecule has 1 aromatic rings. The van der Waals surface area contributed by atoms with Crippen LogP contribution >= 0.6 is 0 Å². The van der Waals surface area contributed by atoms with Gasteiger partial charge < -0.3 is 10.1 Å². The molecular weight excluding hydrogens is 188 g/mol. The molecule has 0 aliphatic carbocycles. The summed E-state index contributed by atoms with van der Waals surface area (Å²) >= 11 is 0. The van der Waals surface area contributed by atoms with Gasteiger partial charge in [-0.05, 0) is 25.0 Å². The van der Waals surface area contributed by atoms with Crippen LogP contribution in [0.5, 0.6) is 0 Å². The van der Waals surface area contributed by atoms with E-state index in [9.17, 15) is 0 Å². The van der Waals surface area contributed by atoms with Crippen LogP contribution in [0.15, 0.2) is 24.5 Å². The minimum Gasteiger partial charge on any atom is -0.383 e. The van der Waals surface area contributed by atoms with Crippen molar-refractivity contribution in [2.24, 2.45) is 0 Å². The third-order valence-electron chi connectivity index (χ3n) is 2.53. The van der Waals surface area contributed by atoms with E-state index in [1.165, 1.54) is 5.56 Å². The molecule has 0 amide bonds. The van der Waals surface area contributed by atoms with E-state index in [1.807, 2.05) is 12.3 Å². The van der Waals surface area contributed by atoms with Gasteiger partial charge in [0.25, 0.3) is 0 Å². The summed E-state index contributed by atoms with van der Waals surface area (Å²) in [6.45, 7) is 5.06. The summed E-state index contributed by atoms with van der Waals surface area (Å²) < 4.78 is 5.15. The molecule has 15 heavy (non-hydrogen) atoms. The molecule has 0 aromatic carbocycles. The van der Waals surface area contributed by atoms with Crippen molar-refractivity contribution in [3.8, 4) is 0 Å². The molecule has 1 heterocycles. The van der Waals surface area contributed by atoms with Crippen molar-refractivity contribution >= 4 is 0 Å². The molecule has 0 aliphatic rings. The van der Waals surface area contributed by atoms with E-state index in [0.29, 0.717) is 12.1 Å². The third kappa shape index (κ3) is 3.98. The second kappa shape index (κ2) is 6.53. The Labute approximate surface area is 91.9 Å². The number of hydrogen-bond donors (Lipinski definition) is 1. The minimum atomic E-state index is 0.318. The van der Waals surface area contributed by atoms with Crippen molar-refractivity contribution in [3.63, 3.8) is 0 Å². The first-order valence-corrected chi connectivity index (χ1v) is 5.42. The topological polar surface area (TPSA) is 34.1 Å². The lowest BCUT2D eigenvalue weighted by atomic mass is 10.1.